The number of aliphatic hydroxyl groups is 1. The lowest BCUT2D eigenvalue weighted by Crippen LogP contribution is -2.35. The zero-order valence-corrected chi connectivity index (χ0v) is 10.9. The topological polar surface area (TPSA) is 32.7 Å². The molecule has 1 saturated carbocycles. The van der Waals surface area contributed by atoms with E-state index in [4.69, 9.17) is 4.74 Å². The average Bonchev–Trinajstić information content (AvgIpc) is 3.12. The third-order valence-electron chi connectivity index (χ3n) is 4.06. The van der Waals surface area contributed by atoms with Crippen LogP contribution in [-0.4, -0.2) is 36.2 Å². The van der Waals surface area contributed by atoms with Crippen LogP contribution < -0.4 is 4.74 Å². The van der Waals surface area contributed by atoms with Gasteiger partial charge in [0.1, 0.15) is 11.9 Å². The molecule has 3 heteroatoms. The van der Waals surface area contributed by atoms with E-state index in [-0.39, 0.29) is 0 Å². The van der Waals surface area contributed by atoms with Crippen LogP contribution in [0.5, 0.6) is 5.75 Å². The molecule has 18 heavy (non-hydrogen) atoms. The fourth-order valence-electron chi connectivity index (χ4n) is 2.56. The van der Waals surface area contributed by atoms with Crippen molar-refractivity contribution in [2.45, 2.75) is 37.4 Å². The van der Waals surface area contributed by atoms with Gasteiger partial charge in [-0.15, -0.1) is 0 Å². The molecule has 1 aromatic rings. The van der Waals surface area contributed by atoms with Crippen molar-refractivity contribution in [2.75, 3.05) is 20.1 Å². The molecular formula is C15H21NO2. The number of likely N-dealkylation sites (tertiary alicyclic amines) is 1. The standard InChI is InChI=1S/C15H21NO2/c1-16-9-5-13(6-10-16)18-14-4-2-3-12(11-14)15(17)7-8-15/h2-4,11,13,17H,5-10H2,1H3. The molecule has 2 fully saturated rings. The molecule has 3 rings (SSSR count). The molecule has 1 aromatic carbocycles. The molecule has 0 unspecified atom stereocenters. The molecular weight excluding hydrogens is 226 g/mol. The lowest BCUT2D eigenvalue weighted by atomic mass is 10.1. The van der Waals surface area contributed by atoms with Gasteiger partial charge in [0, 0.05) is 13.1 Å². The fraction of sp³-hybridized carbons (Fsp3) is 0.600. The van der Waals surface area contributed by atoms with Crippen LogP contribution in [0.2, 0.25) is 0 Å². The van der Waals surface area contributed by atoms with Crippen molar-refractivity contribution in [3.63, 3.8) is 0 Å². The molecule has 1 aliphatic heterocycles. The van der Waals surface area contributed by atoms with Crippen molar-refractivity contribution in [3.05, 3.63) is 29.8 Å². The third kappa shape index (κ3) is 2.52. The zero-order chi connectivity index (χ0) is 12.6. The minimum Gasteiger partial charge on any atom is -0.490 e. The van der Waals surface area contributed by atoms with Crippen molar-refractivity contribution < 1.29 is 9.84 Å². The number of piperidine rings is 1. The zero-order valence-electron chi connectivity index (χ0n) is 10.9. The quantitative estimate of drug-likeness (QED) is 0.888. The van der Waals surface area contributed by atoms with E-state index in [1.807, 2.05) is 24.3 Å². The fourth-order valence-corrected chi connectivity index (χ4v) is 2.56. The summed E-state index contributed by atoms with van der Waals surface area (Å²) in [6.45, 7) is 2.21. The molecule has 0 atom stereocenters. The van der Waals surface area contributed by atoms with Crippen molar-refractivity contribution in [3.8, 4) is 5.75 Å². The summed E-state index contributed by atoms with van der Waals surface area (Å²) >= 11 is 0. The monoisotopic (exact) mass is 247 g/mol. The van der Waals surface area contributed by atoms with Gasteiger partial charge >= 0.3 is 0 Å². The van der Waals surface area contributed by atoms with Gasteiger partial charge < -0.3 is 14.7 Å². The maximum Gasteiger partial charge on any atom is 0.120 e. The first kappa shape index (κ1) is 12.0. The van der Waals surface area contributed by atoms with Gasteiger partial charge in [-0.1, -0.05) is 12.1 Å². The van der Waals surface area contributed by atoms with Crippen LogP contribution in [-0.2, 0) is 5.60 Å². The molecule has 1 heterocycles. The maximum atomic E-state index is 10.1. The Bertz CT molecular complexity index is 420. The summed E-state index contributed by atoms with van der Waals surface area (Å²) in [6, 6.07) is 7.98. The summed E-state index contributed by atoms with van der Waals surface area (Å²) in [5, 5.41) is 10.1. The SMILES string of the molecule is CN1CCC(Oc2cccc(C3(O)CC3)c2)CC1. The molecule has 0 radical (unpaired) electrons. The normalized spacial score (nSPS) is 23.9. The molecule has 2 aliphatic rings. The summed E-state index contributed by atoms with van der Waals surface area (Å²) in [4.78, 5) is 2.34. The highest BCUT2D eigenvalue weighted by Gasteiger charge is 2.42. The molecule has 98 valence electrons. The summed E-state index contributed by atoms with van der Waals surface area (Å²) in [5.74, 6) is 0.905. The van der Waals surface area contributed by atoms with Gasteiger partial charge in [-0.25, -0.2) is 0 Å². The van der Waals surface area contributed by atoms with Gasteiger partial charge in [0.2, 0.25) is 0 Å². The van der Waals surface area contributed by atoms with Crippen LogP contribution in [0.1, 0.15) is 31.2 Å². The largest absolute Gasteiger partial charge is 0.490 e. The van der Waals surface area contributed by atoms with Crippen LogP contribution in [0, 0.1) is 0 Å². The van der Waals surface area contributed by atoms with Crippen LogP contribution in [0.3, 0.4) is 0 Å². The molecule has 0 spiro atoms. The van der Waals surface area contributed by atoms with E-state index in [9.17, 15) is 5.11 Å². The Morgan fingerprint density at radius 1 is 1.28 bits per heavy atom. The molecule has 3 nitrogen and oxygen atoms in total. The highest BCUT2D eigenvalue weighted by molar-refractivity contribution is 5.35. The second kappa shape index (κ2) is 4.56. The van der Waals surface area contributed by atoms with Crippen LogP contribution in [0.4, 0.5) is 0 Å². The molecule has 1 aliphatic carbocycles. The molecule has 0 amide bonds. The lowest BCUT2D eigenvalue weighted by molar-refractivity contribution is 0.113. The highest BCUT2D eigenvalue weighted by atomic mass is 16.5. The van der Waals surface area contributed by atoms with Gasteiger partial charge in [-0.2, -0.15) is 0 Å². The molecule has 1 N–H and O–H groups in total. The second-order valence-corrected chi connectivity index (χ2v) is 5.68. The predicted molar refractivity (Wildman–Crippen MR) is 70.7 cm³/mol. The van der Waals surface area contributed by atoms with Crippen molar-refractivity contribution in [1.82, 2.24) is 4.90 Å². The smallest absolute Gasteiger partial charge is 0.120 e. The first-order valence-corrected chi connectivity index (χ1v) is 6.84. The Hall–Kier alpha value is -1.06. The van der Waals surface area contributed by atoms with Crippen LogP contribution in [0.25, 0.3) is 0 Å². The van der Waals surface area contributed by atoms with Gasteiger partial charge in [-0.05, 0) is 50.4 Å². The summed E-state index contributed by atoms with van der Waals surface area (Å²) in [7, 11) is 2.15. The van der Waals surface area contributed by atoms with Gasteiger partial charge in [0.15, 0.2) is 0 Å². The number of benzene rings is 1. The number of ether oxygens (including phenoxy) is 1. The Balaban J connectivity index is 1.66. The summed E-state index contributed by atoms with van der Waals surface area (Å²) in [5.41, 5.74) is 0.444. The third-order valence-corrected chi connectivity index (χ3v) is 4.06. The van der Waals surface area contributed by atoms with Gasteiger partial charge in [-0.3, -0.25) is 0 Å². The average molecular weight is 247 g/mol. The summed E-state index contributed by atoms with van der Waals surface area (Å²) in [6.07, 6.45) is 4.26. The van der Waals surface area contributed by atoms with E-state index in [0.29, 0.717) is 6.10 Å². The number of hydrogen-bond acceptors (Lipinski definition) is 3. The van der Waals surface area contributed by atoms with Crippen LogP contribution >= 0.6 is 0 Å². The molecule has 1 saturated heterocycles. The highest BCUT2D eigenvalue weighted by Crippen LogP contribution is 2.45. The van der Waals surface area contributed by atoms with E-state index in [1.165, 1.54) is 0 Å². The van der Waals surface area contributed by atoms with Gasteiger partial charge in [0.25, 0.3) is 0 Å². The number of nitrogens with zero attached hydrogens (tertiary/aromatic N) is 1. The first-order valence-electron chi connectivity index (χ1n) is 6.84. The molecule has 0 bridgehead atoms. The minimum absolute atomic E-state index is 0.324. The van der Waals surface area contributed by atoms with Gasteiger partial charge in [0.05, 0.1) is 5.60 Å². The Kier molecular flexibility index (Phi) is 3.04. The number of hydrogen-bond donors (Lipinski definition) is 1. The van der Waals surface area contributed by atoms with Crippen molar-refractivity contribution in [1.29, 1.82) is 0 Å². The second-order valence-electron chi connectivity index (χ2n) is 5.68. The van der Waals surface area contributed by atoms with E-state index >= 15 is 0 Å². The van der Waals surface area contributed by atoms with Crippen molar-refractivity contribution >= 4 is 0 Å². The Labute approximate surface area is 108 Å². The minimum atomic E-state index is -0.563. The maximum absolute atomic E-state index is 10.1. The predicted octanol–water partition coefficient (Wildman–Crippen LogP) is 2.14. The van der Waals surface area contributed by atoms with E-state index < -0.39 is 5.60 Å². The first-order chi connectivity index (χ1) is 8.66. The summed E-state index contributed by atoms with van der Waals surface area (Å²) < 4.78 is 6.03. The lowest BCUT2D eigenvalue weighted by Gasteiger charge is -2.29. The van der Waals surface area contributed by atoms with E-state index in [0.717, 1.165) is 50.1 Å². The number of rotatable bonds is 3. The van der Waals surface area contributed by atoms with Crippen LogP contribution in [0.15, 0.2) is 24.3 Å². The Morgan fingerprint density at radius 3 is 2.67 bits per heavy atom. The Morgan fingerprint density at radius 2 is 2.00 bits per heavy atom. The van der Waals surface area contributed by atoms with E-state index in [1.54, 1.807) is 0 Å². The van der Waals surface area contributed by atoms with Crippen molar-refractivity contribution in [2.24, 2.45) is 0 Å². The van der Waals surface area contributed by atoms with E-state index in [2.05, 4.69) is 11.9 Å². The molecule has 0 aromatic heterocycles.